The van der Waals surface area contributed by atoms with Gasteiger partial charge in [-0.3, -0.25) is 19.2 Å². The van der Waals surface area contributed by atoms with Crippen molar-refractivity contribution in [2.24, 2.45) is 0 Å². The molecule has 0 bridgehead atoms. The number of aromatic nitrogens is 2. The second-order valence-electron chi connectivity index (χ2n) is 8.36. The number of carbonyl (C=O) groups is 3. The van der Waals surface area contributed by atoms with Crippen molar-refractivity contribution in [2.45, 2.75) is 62.6 Å². The number of nitrogens with one attached hydrogen (secondary N) is 1. The van der Waals surface area contributed by atoms with Crippen LogP contribution in [-0.4, -0.2) is 52.0 Å². The lowest BCUT2D eigenvalue weighted by molar-refractivity contribution is -0.127. The molecule has 0 radical (unpaired) electrons. The molecule has 1 aliphatic heterocycles. The molecule has 170 valence electrons. The van der Waals surface area contributed by atoms with Crippen molar-refractivity contribution in [3.63, 3.8) is 0 Å². The van der Waals surface area contributed by atoms with Gasteiger partial charge in [-0.15, -0.1) is 11.8 Å². The summed E-state index contributed by atoms with van der Waals surface area (Å²) < 4.78 is 6.51. The lowest BCUT2D eigenvalue weighted by Crippen LogP contribution is -2.65. The van der Waals surface area contributed by atoms with E-state index in [4.69, 9.17) is 4.74 Å². The number of anilines is 1. The summed E-state index contributed by atoms with van der Waals surface area (Å²) in [6.07, 6.45) is 6.03. The third-order valence-electron chi connectivity index (χ3n) is 6.13. The molecule has 2 aliphatic rings. The van der Waals surface area contributed by atoms with Gasteiger partial charge in [-0.25, -0.2) is 4.79 Å². The van der Waals surface area contributed by atoms with Crippen LogP contribution in [-0.2, 0) is 16.1 Å². The van der Waals surface area contributed by atoms with E-state index in [0.29, 0.717) is 5.69 Å². The highest BCUT2D eigenvalue weighted by atomic mass is 32.2. The Balaban J connectivity index is 1.77. The van der Waals surface area contributed by atoms with Gasteiger partial charge in [0, 0.05) is 22.7 Å². The third-order valence-corrected chi connectivity index (χ3v) is 6.85. The number of carbonyl (C=O) groups excluding carboxylic acids is 3. The van der Waals surface area contributed by atoms with Crippen molar-refractivity contribution in [3.05, 3.63) is 41.7 Å². The fraction of sp³-hybridized carbons (Fsp3) is 0.478. The number of rotatable bonds is 6. The highest BCUT2D eigenvalue weighted by Gasteiger charge is 2.49. The summed E-state index contributed by atoms with van der Waals surface area (Å²) in [5.74, 6) is -1.18. The SMILES string of the molecule is CCOC(=O)c1cc2n(n1)C[C@@](C)(C(=O)NC1CCCC1)N(c1cccc(SC)c1)C2=O. The Hall–Kier alpha value is -2.81. The molecule has 2 heterocycles. The smallest absolute Gasteiger partial charge is 0.358 e. The van der Waals surface area contributed by atoms with Gasteiger partial charge in [0.05, 0.1) is 13.2 Å². The van der Waals surface area contributed by atoms with Crippen LogP contribution in [0.25, 0.3) is 0 Å². The summed E-state index contributed by atoms with van der Waals surface area (Å²) in [6.45, 7) is 3.82. The van der Waals surface area contributed by atoms with Gasteiger partial charge in [0.1, 0.15) is 11.2 Å². The molecular weight excluding hydrogens is 428 g/mol. The quantitative estimate of drug-likeness (QED) is 0.530. The average Bonchev–Trinajstić information content (AvgIpc) is 3.44. The number of thioether (sulfide) groups is 1. The summed E-state index contributed by atoms with van der Waals surface area (Å²) in [5, 5.41) is 7.45. The van der Waals surface area contributed by atoms with Crippen LogP contribution >= 0.6 is 11.8 Å². The molecule has 32 heavy (non-hydrogen) atoms. The number of ether oxygens (including phenoxy) is 1. The topological polar surface area (TPSA) is 93.5 Å². The Labute approximate surface area is 191 Å². The van der Waals surface area contributed by atoms with Gasteiger partial charge in [0.2, 0.25) is 5.91 Å². The predicted octanol–water partition coefficient (Wildman–Crippen LogP) is 3.26. The lowest BCUT2D eigenvalue weighted by atomic mass is 9.93. The molecule has 1 N–H and O–H groups in total. The van der Waals surface area contributed by atoms with Crippen LogP contribution in [0.5, 0.6) is 0 Å². The molecule has 2 amide bonds. The molecule has 1 aromatic heterocycles. The van der Waals surface area contributed by atoms with Crippen LogP contribution in [0.4, 0.5) is 5.69 Å². The zero-order valence-corrected chi connectivity index (χ0v) is 19.4. The first-order valence-electron chi connectivity index (χ1n) is 10.9. The molecule has 1 fully saturated rings. The van der Waals surface area contributed by atoms with E-state index in [1.54, 1.807) is 30.5 Å². The van der Waals surface area contributed by atoms with Gasteiger partial charge in [0.15, 0.2) is 5.69 Å². The van der Waals surface area contributed by atoms with Crippen LogP contribution in [0.1, 0.15) is 60.5 Å². The molecule has 0 saturated heterocycles. The van der Waals surface area contributed by atoms with E-state index in [-0.39, 0.29) is 42.4 Å². The molecule has 1 atom stereocenters. The first-order chi connectivity index (χ1) is 15.4. The van der Waals surface area contributed by atoms with Crippen LogP contribution in [0, 0.1) is 0 Å². The van der Waals surface area contributed by atoms with Crippen LogP contribution in [0.3, 0.4) is 0 Å². The minimum absolute atomic E-state index is 0.0634. The Bertz CT molecular complexity index is 1050. The first kappa shape index (κ1) is 22.4. The number of hydrogen-bond acceptors (Lipinski definition) is 6. The normalized spacial score (nSPS) is 20.8. The Morgan fingerprint density at radius 2 is 2.03 bits per heavy atom. The summed E-state index contributed by atoms with van der Waals surface area (Å²) in [7, 11) is 0. The maximum atomic E-state index is 13.7. The van der Waals surface area contributed by atoms with E-state index in [2.05, 4.69) is 10.4 Å². The van der Waals surface area contributed by atoms with E-state index >= 15 is 0 Å². The summed E-state index contributed by atoms with van der Waals surface area (Å²) in [5.41, 5.74) is -0.250. The van der Waals surface area contributed by atoms with Crippen molar-refractivity contribution in [3.8, 4) is 0 Å². The Morgan fingerprint density at radius 1 is 1.28 bits per heavy atom. The summed E-state index contributed by atoms with van der Waals surface area (Å²) in [4.78, 5) is 42.0. The van der Waals surface area contributed by atoms with Gasteiger partial charge in [-0.2, -0.15) is 5.10 Å². The molecule has 1 saturated carbocycles. The van der Waals surface area contributed by atoms with Gasteiger partial charge in [0.25, 0.3) is 5.91 Å². The van der Waals surface area contributed by atoms with Crippen molar-refractivity contribution in [1.29, 1.82) is 0 Å². The minimum atomic E-state index is -1.21. The zero-order chi connectivity index (χ0) is 22.9. The van der Waals surface area contributed by atoms with Crippen molar-refractivity contribution >= 4 is 35.2 Å². The number of nitrogens with zero attached hydrogens (tertiary/aromatic N) is 3. The second kappa shape index (κ2) is 8.97. The van der Waals surface area contributed by atoms with Crippen molar-refractivity contribution in [1.82, 2.24) is 15.1 Å². The standard InChI is InChI=1S/C23H28N4O4S/c1-4-31-21(29)18-13-19-20(28)27(16-10-7-11-17(12-16)32-3)23(2,14-26(19)25-18)22(30)24-15-8-5-6-9-15/h7,10-13,15H,4-6,8-9,14H2,1-3H3,(H,24,30)/t23-/m0/s1. The molecule has 0 unspecified atom stereocenters. The number of esters is 1. The molecule has 8 nitrogen and oxygen atoms in total. The number of fused-ring (bicyclic) bond motifs is 1. The monoisotopic (exact) mass is 456 g/mol. The Kier molecular flexibility index (Phi) is 6.28. The summed E-state index contributed by atoms with van der Waals surface area (Å²) in [6, 6.07) is 9.13. The maximum absolute atomic E-state index is 13.7. The number of benzene rings is 1. The minimum Gasteiger partial charge on any atom is -0.461 e. The maximum Gasteiger partial charge on any atom is 0.358 e. The van der Waals surface area contributed by atoms with Crippen molar-refractivity contribution < 1.29 is 19.1 Å². The van der Waals surface area contributed by atoms with Gasteiger partial charge >= 0.3 is 5.97 Å². The summed E-state index contributed by atoms with van der Waals surface area (Å²) >= 11 is 1.56. The fourth-order valence-electron chi connectivity index (χ4n) is 4.45. The first-order valence-corrected chi connectivity index (χ1v) is 12.1. The molecule has 4 rings (SSSR count). The van der Waals surface area contributed by atoms with Crippen LogP contribution in [0.2, 0.25) is 0 Å². The van der Waals surface area contributed by atoms with Gasteiger partial charge in [-0.05, 0) is 51.1 Å². The highest BCUT2D eigenvalue weighted by molar-refractivity contribution is 7.98. The molecule has 9 heteroatoms. The highest BCUT2D eigenvalue weighted by Crippen LogP contribution is 2.35. The number of amides is 2. The van der Waals surface area contributed by atoms with Crippen LogP contribution in [0.15, 0.2) is 35.2 Å². The van der Waals surface area contributed by atoms with E-state index in [1.807, 2.05) is 30.5 Å². The van der Waals surface area contributed by atoms with E-state index in [9.17, 15) is 14.4 Å². The largest absolute Gasteiger partial charge is 0.461 e. The third kappa shape index (κ3) is 4.01. The molecule has 1 aromatic carbocycles. The predicted molar refractivity (Wildman–Crippen MR) is 122 cm³/mol. The molecule has 0 spiro atoms. The van der Waals surface area contributed by atoms with Gasteiger partial charge < -0.3 is 10.1 Å². The van der Waals surface area contributed by atoms with E-state index < -0.39 is 11.5 Å². The fourth-order valence-corrected chi connectivity index (χ4v) is 4.90. The van der Waals surface area contributed by atoms with Crippen molar-refractivity contribution in [2.75, 3.05) is 17.8 Å². The number of hydrogen-bond donors (Lipinski definition) is 1. The average molecular weight is 457 g/mol. The second-order valence-corrected chi connectivity index (χ2v) is 9.24. The van der Waals surface area contributed by atoms with Gasteiger partial charge in [-0.1, -0.05) is 18.9 Å². The molecule has 2 aromatic rings. The van der Waals surface area contributed by atoms with E-state index in [1.165, 1.54) is 10.7 Å². The Morgan fingerprint density at radius 3 is 2.72 bits per heavy atom. The zero-order valence-electron chi connectivity index (χ0n) is 18.6. The molecular formula is C23H28N4O4S. The van der Waals surface area contributed by atoms with E-state index in [0.717, 1.165) is 30.6 Å². The van der Waals surface area contributed by atoms with Crippen LogP contribution < -0.4 is 10.2 Å². The molecule has 1 aliphatic carbocycles. The lowest BCUT2D eigenvalue weighted by Gasteiger charge is -2.43.